The van der Waals surface area contributed by atoms with E-state index in [9.17, 15) is 4.79 Å². The molecule has 1 aliphatic heterocycles. The molecular formula is C14H19NO3. The maximum absolute atomic E-state index is 11.0. The lowest BCUT2D eigenvalue weighted by Gasteiger charge is -2.56. The van der Waals surface area contributed by atoms with Crippen molar-refractivity contribution in [3.05, 3.63) is 0 Å². The molecular weight excluding hydrogens is 230 g/mol. The predicted octanol–water partition coefficient (Wildman–Crippen LogP) is 2.43. The van der Waals surface area contributed by atoms with Crippen LogP contribution in [0, 0.1) is 23.2 Å². The van der Waals surface area contributed by atoms with Gasteiger partial charge in [0, 0.05) is 11.8 Å². The van der Waals surface area contributed by atoms with Crippen LogP contribution in [-0.4, -0.2) is 22.9 Å². The van der Waals surface area contributed by atoms with Gasteiger partial charge in [-0.25, -0.2) is 4.79 Å². The second-order valence-corrected chi connectivity index (χ2v) is 6.87. The summed E-state index contributed by atoms with van der Waals surface area (Å²) in [6.45, 7) is 0. The second kappa shape index (κ2) is 3.49. The highest BCUT2D eigenvalue weighted by Gasteiger charge is 2.54. The van der Waals surface area contributed by atoms with Crippen LogP contribution in [-0.2, 0) is 9.63 Å². The zero-order chi connectivity index (χ0) is 12.3. The summed E-state index contributed by atoms with van der Waals surface area (Å²) in [6, 6.07) is 0. The quantitative estimate of drug-likeness (QED) is 0.817. The highest BCUT2D eigenvalue weighted by Crippen LogP contribution is 2.61. The Bertz CT molecular complexity index is 393. The fourth-order valence-corrected chi connectivity index (χ4v) is 5.29. The first-order valence-electron chi connectivity index (χ1n) is 7.10. The van der Waals surface area contributed by atoms with E-state index in [1.54, 1.807) is 0 Å². The lowest BCUT2D eigenvalue weighted by Crippen LogP contribution is -2.50. The molecule has 5 rings (SSSR count). The van der Waals surface area contributed by atoms with Gasteiger partial charge in [0.25, 0.3) is 0 Å². The molecule has 1 unspecified atom stereocenters. The monoisotopic (exact) mass is 249 g/mol. The summed E-state index contributed by atoms with van der Waals surface area (Å²) in [4.78, 5) is 16.1. The molecule has 1 N–H and O–H groups in total. The van der Waals surface area contributed by atoms with Crippen LogP contribution < -0.4 is 0 Å². The van der Waals surface area contributed by atoms with Gasteiger partial charge in [-0.2, -0.15) is 0 Å². The van der Waals surface area contributed by atoms with Gasteiger partial charge in [0.15, 0.2) is 0 Å². The smallest absolute Gasteiger partial charge is 0.348 e. The minimum Gasteiger partial charge on any atom is -0.478 e. The fourth-order valence-electron chi connectivity index (χ4n) is 5.29. The molecule has 0 saturated heterocycles. The lowest BCUT2D eigenvalue weighted by atomic mass is 9.48. The highest BCUT2D eigenvalue weighted by atomic mass is 16.7. The van der Waals surface area contributed by atoms with Crippen molar-refractivity contribution in [2.24, 2.45) is 28.3 Å². The molecule has 0 aromatic carbocycles. The number of hydrogen-bond donors (Lipinski definition) is 1. The van der Waals surface area contributed by atoms with Crippen LogP contribution in [0.15, 0.2) is 5.16 Å². The van der Waals surface area contributed by atoms with Gasteiger partial charge in [-0.1, -0.05) is 5.16 Å². The molecule has 4 aliphatic carbocycles. The summed E-state index contributed by atoms with van der Waals surface area (Å²) < 4.78 is 0. The zero-order valence-corrected chi connectivity index (χ0v) is 10.5. The normalized spacial score (nSPS) is 49.0. The SMILES string of the molecule is O=C(O)C1CC(C23CC4CC(CC(C4)C2)C3)=NO1. The Hall–Kier alpha value is -1.06. The maximum atomic E-state index is 11.0. The Morgan fingerprint density at radius 2 is 1.72 bits per heavy atom. The number of nitrogens with zero attached hydrogens (tertiary/aromatic N) is 1. The minimum absolute atomic E-state index is 0.207. The third-order valence-corrected chi connectivity index (χ3v) is 5.59. The van der Waals surface area contributed by atoms with E-state index in [0.717, 1.165) is 23.5 Å². The summed E-state index contributed by atoms with van der Waals surface area (Å²) in [5.41, 5.74) is 1.27. The molecule has 0 radical (unpaired) electrons. The molecule has 4 fully saturated rings. The average Bonchev–Trinajstić information content (AvgIpc) is 2.76. The van der Waals surface area contributed by atoms with Crippen molar-refractivity contribution in [1.29, 1.82) is 0 Å². The fraction of sp³-hybridized carbons (Fsp3) is 0.857. The number of carbonyl (C=O) groups is 1. The molecule has 0 aromatic rings. The van der Waals surface area contributed by atoms with Gasteiger partial charge < -0.3 is 9.94 Å². The van der Waals surface area contributed by atoms with Gasteiger partial charge in [0.1, 0.15) is 0 Å². The Balaban J connectivity index is 1.59. The third kappa shape index (κ3) is 1.44. The van der Waals surface area contributed by atoms with E-state index in [1.807, 2.05) is 0 Å². The Morgan fingerprint density at radius 1 is 1.17 bits per heavy atom. The molecule has 4 saturated carbocycles. The van der Waals surface area contributed by atoms with Crippen molar-refractivity contribution in [2.45, 2.75) is 51.0 Å². The van der Waals surface area contributed by atoms with E-state index < -0.39 is 12.1 Å². The first-order chi connectivity index (χ1) is 8.64. The average molecular weight is 249 g/mol. The van der Waals surface area contributed by atoms with E-state index >= 15 is 0 Å². The first kappa shape index (κ1) is 10.8. The van der Waals surface area contributed by atoms with Gasteiger partial charge in [-0.15, -0.1) is 0 Å². The second-order valence-electron chi connectivity index (χ2n) is 6.87. The standard InChI is InChI=1S/C14H19NO3/c16-13(17)11-4-12(15-18-11)14-5-8-1-9(6-14)3-10(2-8)7-14/h8-11H,1-7H2,(H,16,17). The predicted molar refractivity (Wildman–Crippen MR) is 65.2 cm³/mol. The van der Waals surface area contributed by atoms with Crippen molar-refractivity contribution in [1.82, 2.24) is 0 Å². The van der Waals surface area contributed by atoms with E-state index in [2.05, 4.69) is 5.16 Å². The Morgan fingerprint density at radius 3 is 2.17 bits per heavy atom. The highest BCUT2D eigenvalue weighted by molar-refractivity contribution is 5.95. The van der Waals surface area contributed by atoms with Crippen LogP contribution in [0.3, 0.4) is 0 Å². The lowest BCUT2D eigenvalue weighted by molar-refractivity contribution is -0.148. The van der Waals surface area contributed by atoms with Crippen LogP contribution in [0.4, 0.5) is 0 Å². The third-order valence-electron chi connectivity index (χ3n) is 5.59. The van der Waals surface area contributed by atoms with Gasteiger partial charge in [0.05, 0.1) is 5.71 Å². The number of rotatable bonds is 2. The maximum Gasteiger partial charge on any atom is 0.348 e. The van der Waals surface area contributed by atoms with Crippen LogP contribution in [0.25, 0.3) is 0 Å². The first-order valence-corrected chi connectivity index (χ1v) is 7.10. The van der Waals surface area contributed by atoms with Crippen LogP contribution in [0.2, 0.25) is 0 Å². The Kier molecular flexibility index (Phi) is 2.10. The molecule has 0 amide bonds. The van der Waals surface area contributed by atoms with E-state index in [1.165, 1.54) is 38.5 Å². The molecule has 5 aliphatic rings. The number of aliphatic carboxylic acids is 1. The minimum atomic E-state index is -0.876. The van der Waals surface area contributed by atoms with Gasteiger partial charge in [-0.05, 0) is 56.3 Å². The summed E-state index contributed by atoms with van der Waals surface area (Å²) >= 11 is 0. The molecule has 18 heavy (non-hydrogen) atoms. The number of oxime groups is 1. The summed E-state index contributed by atoms with van der Waals surface area (Å²) in [7, 11) is 0. The molecule has 4 nitrogen and oxygen atoms in total. The van der Waals surface area contributed by atoms with Gasteiger partial charge in [0.2, 0.25) is 6.10 Å². The molecule has 1 atom stereocenters. The summed E-state index contributed by atoms with van der Waals surface area (Å²) in [5, 5.41) is 13.2. The van der Waals surface area contributed by atoms with Crippen LogP contribution >= 0.6 is 0 Å². The van der Waals surface area contributed by atoms with Gasteiger partial charge in [-0.3, -0.25) is 0 Å². The van der Waals surface area contributed by atoms with Crippen molar-refractivity contribution >= 4 is 11.7 Å². The Labute approximate surface area is 106 Å². The topological polar surface area (TPSA) is 58.9 Å². The number of hydrogen-bond acceptors (Lipinski definition) is 3. The van der Waals surface area contributed by atoms with Crippen molar-refractivity contribution in [2.75, 3.05) is 0 Å². The summed E-state index contributed by atoms with van der Waals surface area (Å²) in [6.07, 6.45) is 7.67. The number of carboxylic acids is 1. The molecule has 98 valence electrons. The molecule has 4 bridgehead atoms. The van der Waals surface area contributed by atoms with Crippen molar-refractivity contribution < 1.29 is 14.7 Å². The molecule has 0 spiro atoms. The molecule has 4 heteroatoms. The number of carboxylic acid groups (broad SMARTS) is 1. The van der Waals surface area contributed by atoms with E-state index in [0.29, 0.717) is 6.42 Å². The largest absolute Gasteiger partial charge is 0.478 e. The summed E-state index contributed by atoms with van der Waals surface area (Å²) in [5.74, 6) is 1.71. The van der Waals surface area contributed by atoms with Crippen LogP contribution in [0.5, 0.6) is 0 Å². The molecule has 1 heterocycles. The zero-order valence-electron chi connectivity index (χ0n) is 10.5. The van der Waals surface area contributed by atoms with Crippen molar-refractivity contribution in [3.8, 4) is 0 Å². The van der Waals surface area contributed by atoms with E-state index in [-0.39, 0.29) is 5.41 Å². The van der Waals surface area contributed by atoms with Crippen molar-refractivity contribution in [3.63, 3.8) is 0 Å². The van der Waals surface area contributed by atoms with E-state index in [4.69, 9.17) is 9.94 Å². The van der Waals surface area contributed by atoms with Crippen LogP contribution in [0.1, 0.15) is 44.9 Å². The van der Waals surface area contributed by atoms with Gasteiger partial charge >= 0.3 is 5.97 Å². The molecule has 0 aromatic heterocycles.